The Morgan fingerprint density at radius 3 is 2.75 bits per heavy atom. The molecule has 0 radical (unpaired) electrons. The summed E-state index contributed by atoms with van der Waals surface area (Å²) in [7, 11) is 3.68. The van der Waals surface area contributed by atoms with Gasteiger partial charge in [-0.25, -0.2) is 4.99 Å². The second-order valence-corrected chi connectivity index (χ2v) is 9.37. The largest absolute Gasteiger partial charge is 0.484 e. The van der Waals surface area contributed by atoms with Crippen LogP contribution in [-0.4, -0.2) is 72.9 Å². The van der Waals surface area contributed by atoms with Gasteiger partial charge < -0.3 is 25.0 Å². The number of benzene rings is 1. The van der Waals surface area contributed by atoms with Crippen LogP contribution in [0.15, 0.2) is 34.3 Å². The molecule has 2 N–H and O–H groups in total. The zero-order valence-corrected chi connectivity index (χ0v) is 19.5. The SMILES string of the molecule is COC(CCC(=O)O)=NCc1ccc2c(c1)N=C(N1CCN(C)CC1)c1cc(C)sc1N2. The van der Waals surface area contributed by atoms with Gasteiger partial charge in [0.1, 0.15) is 10.8 Å². The third kappa shape index (κ3) is 5.11. The minimum absolute atomic E-state index is 0.00127. The van der Waals surface area contributed by atoms with Gasteiger partial charge in [0.05, 0.1) is 37.0 Å². The number of hydrogen-bond acceptors (Lipinski definition) is 8. The van der Waals surface area contributed by atoms with Crippen LogP contribution in [0.1, 0.15) is 28.8 Å². The number of likely N-dealkylation sites (N-methyl/N-ethyl adjacent to an activating group) is 1. The quantitative estimate of drug-likeness (QED) is 0.526. The van der Waals surface area contributed by atoms with Crippen LogP contribution in [0.2, 0.25) is 0 Å². The third-order valence-electron chi connectivity index (χ3n) is 5.66. The molecule has 8 nitrogen and oxygen atoms in total. The molecule has 0 unspecified atom stereocenters. The maximum absolute atomic E-state index is 10.8. The number of piperazine rings is 1. The molecule has 1 aromatic carbocycles. The standard InChI is InChI=1S/C23H29N5O3S/c1-15-12-17-22(28-10-8-27(2)9-11-28)25-19-13-16(4-5-18(19)26-23(17)32-15)14-24-20(31-3)6-7-21(29)30/h4-5,12-13,26H,6-11,14H2,1-3H3,(H,29,30). The third-order valence-corrected chi connectivity index (χ3v) is 6.63. The van der Waals surface area contributed by atoms with Crippen LogP contribution in [0.25, 0.3) is 0 Å². The van der Waals surface area contributed by atoms with Crippen molar-refractivity contribution in [2.24, 2.45) is 9.98 Å². The molecule has 0 bridgehead atoms. The smallest absolute Gasteiger partial charge is 0.303 e. The molecule has 9 heteroatoms. The van der Waals surface area contributed by atoms with Crippen LogP contribution < -0.4 is 5.32 Å². The van der Waals surface area contributed by atoms with Crippen LogP contribution >= 0.6 is 11.3 Å². The van der Waals surface area contributed by atoms with E-state index >= 15 is 0 Å². The number of aliphatic carboxylic acids is 1. The van der Waals surface area contributed by atoms with E-state index in [1.165, 1.54) is 12.0 Å². The molecular weight excluding hydrogens is 426 g/mol. The molecule has 170 valence electrons. The zero-order valence-electron chi connectivity index (χ0n) is 18.7. The number of aliphatic imine (C=N–C) groups is 2. The van der Waals surface area contributed by atoms with Crippen molar-refractivity contribution >= 4 is 45.4 Å². The highest BCUT2D eigenvalue weighted by atomic mass is 32.1. The molecule has 0 atom stereocenters. The molecule has 3 heterocycles. The Balaban J connectivity index is 1.63. The van der Waals surface area contributed by atoms with E-state index in [2.05, 4.69) is 46.2 Å². The second-order valence-electron chi connectivity index (χ2n) is 8.11. The molecule has 1 aromatic heterocycles. The molecule has 0 saturated carbocycles. The Hall–Kier alpha value is -2.91. The van der Waals surface area contributed by atoms with E-state index in [4.69, 9.17) is 14.8 Å². The van der Waals surface area contributed by atoms with Crippen LogP contribution in [0, 0.1) is 6.92 Å². The van der Waals surface area contributed by atoms with Crippen LogP contribution in [0.4, 0.5) is 16.4 Å². The Kier molecular flexibility index (Phi) is 6.76. The van der Waals surface area contributed by atoms with E-state index < -0.39 is 5.97 Å². The number of carboxylic acids is 1. The van der Waals surface area contributed by atoms with Gasteiger partial charge >= 0.3 is 5.97 Å². The summed E-state index contributed by atoms with van der Waals surface area (Å²) >= 11 is 1.75. The average molecular weight is 456 g/mol. The van der Waals surface area contributed by atoms with Gasteiger partial charge in [0, 0.05) is 37.5 Å². The van der Waals surface area contributed by atoms with Gasteiger partial charge in [0.2, 0.25) is 0 Å². The molecule has 4 rings (SSSR count). The lowest BCUT2D eigenvalue weighted by molar-refractivity contribution is -0.136. The lowest BCUT2D eigenvalue weighted by Crippen LogP contribution is -2.47. The second kappa shape index (κ2) is 9.70. The summed E-state index contributed by atoms with van der Waals surface area (Å²) in [6, 6.07) is 8.33. The molecule has 2 aliphatic heterocycles. The van der Waals surface area contributed by atoms with Gasteiger partial charge in [-0.2, -0.15) is 0 Å². The highest BCUT2D eigenvalue weighted by molar-refractivity contribution is 7.16. The number of methoxy groups -OCH3 is 1. The molecule has 1 saturated heterocycles. The topological polar surface area (TPSA) is 89.8 Å². The number of nitrogens with zero attached hydrogens (tertiary/aromatic N) is 4. The minimum atomic E-state index is -0.862. The number of aryl methyl sites for hydroxylation is 1. The van der Waals surface area contributed by atoms with Gasteiger partial charge in [0.15, 0.2) is 5.90 Å². The van der Waals surface area contributed by atoms with Crippen molar-refractivity contribution in [3.8, 4) is 0 Å². The van der Waals surface area contributed by atoms with Gasteiger partial charge in [-0.1, -0.05) is 6.07 Å². The molecule has 0 amide bonds. The first-order valence-corrected chi connectivity index (χ1v) is 11.6. The minimum Gasteiger partial charge on any atom is -0.484 e. The number of carbonyl (C=O) groups is 1. The maximum Gasteiger partial charge on any atom is 0.303 e. The first kappa shape index (κ1) is 22.3. The number of amidine groups is 1. The first-order valence-electron chi connectivity index (χ1n) is 10.7. The average Bonchev–Trinajstić information content (AvgIpc) is 3.06. The number of rotatable bonds is 5. The Bertz CT molecular complexity index is 1050. The fraction of sp³-hybridized carbons (Fsp3) is 0.435. The number of hydrogen-bond donors (Lipinski definition) is 2. The molecule has 2 aromatic rings. The highest BCUT2D eigenvalue weighted by Gasteiger charge is 2.25. The normalized spacial score (nSPS) is 16.5. The van der Waals surface area contributed by atoms with E-state index in [-0.39, 0.29) is 12.8 Å². The fourth-order valence-corrected chi connectivity index (χ4v) is 4.76. The van der Waals surface area contributed by atoms with Gasteiger partial charge in [0.25, 0.3) is 0 Å². The monoisotopic (exact) mass is 455 g/mol. The number of carboxylic acid groups (broad SMARTS) is 1. The van der Waals surface area contributed by atoms with Crippen molar-refractivity contribution < 1.29 is 14.6 Å². The zero-order chi connectivity index (χ0) is 22.7. The molecule has 0 aliphatic carbocycles. The summed E-state index contributed by atoms with van der Waals surface area (Å²) in [5, 5.41) is 13.6. The summed E-state index contributed by atoms with van der Waals surface area (Å²) < 4.78 is 5.24. The lowest BCUT2D eigenvalue weighted by Gasteiger charge is -2.34. The molecular formula is C23H29N5O3S. The number of thiophene rings is 1. The summed E-state index contributed by atoms with van der Waals surface area (Å²) in [5.74, 6) is 0.600. The number of fused-ring (bicyclic) bond motifs is 2. The number of ether oxygens (including phenoxy) is 1. The van der Waals surface area contributed by atoms with E-state index in [1.807, 2.05) is 12.1 Å². The number of anilines is 2. The van der Waals surface area contributed by atoms with Gasteiger partial charge in [-0.15, -0.1) is 11.3 Å². The summed E-state index contributed by atoms with van der Waals surface area (Å²) in [6.07, 6.45) is 0.283. The lowest BCUT2D eigenvalue weighted by atomic mass is 10.1. The summed E-state index contributed by atoms with van der Waals surface area (Å²) in [4.78, 5) is 26.4. The predicted octanol–water partition coefficient (Wildman–Crippen LogP) is 3.85. The van der Waals surface area contributed by atoms with Crippen LogP contribution in [0.3, 0.4) is 0 Å². The van der Waals surface area contributed by atoms with E-state index in [1.54, 1.807) is 11.3 Å². The van der Waals surface area contributed by atoms with Crippen molar-refractivity contribution in [1.82, 2.24) is 9.80 Å². The fourth-order valence-electron chi connectivity index (χ4n) is 3.84. The summed E-state index contributed by atoms with van der Waals surface area (Å²) in [6.45, 7) is 6.47. The molecule has 0 spiro atoms. The summed E-state index contributed by atoms with van der Waals surface area (Å²) in [5.41, 5.74) is 4.02. The molecule has 2 aliphatic rings. The Labute approximate surface area is 192 Å². The van der Waals surface area contributed by atoms with Crippen molar-refractivity contribution in [3.05, 3.63) is 40.3 Å². The van der Waals surface area contributed by atoms with Crippen LogP contribution in [0.5, 0.6) is 0 Å². The Morgan fingerprint density at radius 1 is 1.25 bits per heavy atom. The highest BCUT2D eigenvalue weighted by Crippen LogP contribution is 2.39. The maximum atomic E-state index is 10.8. The number of nitrogens with one attached hydrogen (secondary N) is 1. The van der Waals surface area contributed by atoms with E-state index in [0.717, 1.165) is 59.5 Å². The molecule has 32 heavy (non-hydrogen) atoms. The van der Waals surface area contributed by atoms with Crippen molar-refractivity contribution in [3.63, 3.8) is 0 Å². The van der Waals surface area contributed by atoms with Crippen LogP contribution in [-0.2, 0) is 16.1 Å². The van der Waals surface area contributed by atoms with Crippen molar-refractivity contribution in [2.45, 2.75) is 26.3 Å². The first-order chi connectivity index (χ1) is 15.4. The Morgan fingerprint density at radius 2 is 2.03 bits per heavy atom. The van der Waals surface area contributed by atoms with Gasteiger partial charge in [-0.05, 0) is 37.7 Å². The van der Waals surface area contributed by atoms with Crippen molar-refractivity contribution in [2.75, 3.05) is 45.7 Å². The van der Waals surface area contributed by atoms with Gasteiger partial charge in [-0.3, -0.25) is 9.79 Å². The van der Waals surface area contributed by atoms with E-state index in [0.29, 0.717) is 12.4 Å². The molecule has 1 fully saturated rings. The predicted molar refractivity (Wildman–Crippen MR) is 129 cm³/mol. The van der Waals surface area contributed by atoms with Crippen molar-refractivity contribution in [1.29, 1.82) is 0 Å². The van der Waals surface area contributed by atoms with E-state index in [9.17, 15) is 4.79 Å².